The van der Waals surface area contributed by atoms with Gasteiger partial charge in [0.1, 0.15) is 0 Å². The molecular weight excluding hydrogens is 358 g/mol. The molecule has 1 nitrogen and oxygen atoms in total. The maximum absolute atomic E-state index is 4.47. The monoisotopic (exact) mass is 413 g/mol. The van der Waals surface area contributed by atoms with Crippen LogP contribution >= 0.6 is 12.6 Å². The zero-order valence-electron chi connectivity index (χ0n) is 19.9. The molecule has 0 saturated heterocycles. The van der Waals surface area contributed by atoms with E-state index in [-0.39, 0.29) is 0 Å². The largest absolute Gasteiger partial charge is 0.303 e. The highest BCUT2D eigenvalue weighted by molar-refractivity contribution is 7.80. The molecule has 0 aliphatic rings. The molecule has 0 saturated carbocycles. The topological polar surface area (TPSA) is 3.24 Å². The Morgan fingerprint density at radius 3 is 0.964 bits per heavy atom. The minimum Gasteiger partial charge on any atom is -0.303 e. The van der Waals surface area contributed by atoms with Crippen LogP contribution in [-0.4, -0.2) is 30.3 Å². The lowest BCUT2D eigenvalue weighted by molar-refractivity contribution is 0.275. The van der Waals surface area contributed by atoms with Crippen molar-refractivity contribution < 1.29 is 0 Å². The first kappa shape index (κ1) is 28.3. The molecule has 0 fully saturated rings. The van der Waals surface area contributed by atoms with Crippen molar-refractivity contribution in [3.8, 4) is 0 Å². The van der Waals surface area contributed by atoms with Crippen molar-refractivity contribution in [1.82, 2.24) is 4.90 Å². The molecule has 28 heavy (non-hydrogen) atoms. The van der Waals surface area contributed by atoms with Gasteiger partial charge in [-0.05, 0) is 25.9 Å². The van der Waals surface area contributed by atoms with Crippen LogP contribution in [0.15, 0.2) is 0 Å². The minimum absolute atomic E-state index is 1.01. The van der Waals surface area contributed by atoms with Crippen LogP contribution in [0.3, 0.4) is 0 Å². The second-order valence-electron chi connectivity index (χ2n) is 8.93. The van der Waals surface area contributed by atoms with Crippen LogP contribution in [0, 0.1) is 0 Å². The molecule has 0 aromatic rings. The number of nitrogens with zero attached hydrogens (tertiary/aromatic N) is 1. The van der Waals surface area contributed by atoms with Crippen molar-refractivity contribution in [2.24, 2.45) is 0 Å². The van der Waals surface area contributed by atoms with Gasteiger partial charge in [-0.3, -0.25) is 0 Å². The Hall–Kier alpha value is 0.310. The Morgan fingerprint density at radius 1 is 0.393 bits per heavy atom. The standard InChI is InChI=1S/C26H55NS/c1-3-5-7-9-11-13-15-17-19-21-23-27(25-26-28)24-22-20-18-16-14-12-10-8-6-4-2/h28H,3-26H2,1-2H3. The van der Waals surface area contributed by atoms with Crippen LogP contribution in [0.4, 0.5) is 0 Å². The molecule has 0 aliphatic carbocycles. The van der Waals surface area contributed by atoms with Crippen molar-refractivity contribution in [3.05, 3.63) is 0 Å². The number of thiol groups is 1. The maximum atomic E-state index is 4.47. The molecule has 0 bridgehead atoms. The zero-order chi connectivity index (χ0) is 20.5. The van der Waals surface area contributed by atoms with Crippen LogP contribution in [0.25, 0.3) is 0 Å². The first-order chi connectivity index (χ1) is 13.8. The molecule has 0 aliphatic heterocycles. The Labute approximate surface area is 185 Å². The SMILES string of the molecule is CCCCCCCCCCCCN(CCS)CCCCCCCCCCCC. The molecule has 2 heteroatoms. The Morgan fingerprint density at radius 2 is 0.679 bits per heavy atom. The van der Waals surface area contributed by atoms with Crippen LogP contribution in [0.2, 0.25) is 0 Å². The molecule has 0 aromatic carbocycles. The van der Waals surface area contributed by atoms with Gasteiger partial charge in [0.25, 0.3) is 0 Å². The second kappa shape index (κ2) is 25.3. The van der Waals surface area contributed by atoms with Gasteiger partial charge in [-0.2, -0.15) is 12.6 Å². The van der Waals surface area contributed by atoms with Crippen molar-refractivity contribution in [2.75, 3.05) is 25.4 Å². The van der Waals surface area contributed by atoms with E-state index < -0.39 is 0 Å². The van der Waals surface area contributed by atoms with E-state index in [0.717, 1.165) is 5.75 Å². The third kappa shape index (κ3) is 22.6. The van der Waals surface area contributed by atoms with Crippen LogP contribution < -0.4 is 0 Å². The smallest absolute Gasteiger partial charge is 0.00698 e. The highest BCUT2D eigenvalue weighted by atomic mass is 32.1. The number of hydrogen-bond acceptors (Lipinski definition) is 2. The average Bonchev–Trinajstić information content (AvgIpc) is 2.70. The van der Waals surface area contributed by atoms with E-state index >= 15 is 0 Å². The van der Waals surface area contributed by atoms with Crippen LogP contribution in [-0.2, 0) is 0 Å². The lowest BCUT2D eigenvalue weighted by Crippen LogP contribution is -2.28. The van der Waals surface area contributed by atoms with E-state index in [0.29, 0.717) is 0 Å². The summed E-state index contributed by atoms with van der Waals surface area (Å²) in [7, 11) is 0. The van der Waals surface area contributed by atoms with E-state index in [9.17, 15) is 0 Å². The van der Waals surface area contributed by atoms with Gasteiger partial charge in [0.2, 0.25) is 0 Å². The van der Waals surface area contributed by atoms with Crippen LogP contribution in [0.5, 0.6) is 0 Å². The fourth-order valence-electron chi connectivity index (χ4n) is 4.12. The van der Waals surface area contributed by atoms with Gasteiger partial charge in [0, 0.05) is 12.3 Å². The molecule has 0 unspecified atom stereocenters. The molecule has 0 N–H and O–H groups in total. The van der Waals surface area contributed by atoms with Gasteiger partial charge in [-0.15, -0.1) is 0 Å². The van der Waals surface area contributed by atoms with E-state index in [1.165, 1.54) is 148 Å². The quantitative estimate of drug-likeness (QED) is 0.122. The van der Waals surface area contributed by atoms with Gasteiger partial charge in [0.05, 0.1) is 0 Å². The second-order valence-corrected chi connectivity index (χ2v) is 9.38. The summed E-state index contributed by atoms with van der Waals surface area (Å²) in [5.41, 5.74) is 0. The summed E-state index contributed by atoms with van der Waals surface area (Å²) >= 11 is 4.47. The highest BCUT2D eigenvalue weighted by Crippen LogP contribution is 2.12. The highest BCUT2D eigenvalue weighted by Gasteiger charge is 2.03. The number of rotatable bonds is 24. The van der Waals surface area contributed by atoms with Crippen molar-refractivity contribution in [2.45, 2.75) is 142 Å². The molecule has 0 aromatic heterocycles. The van der Waals surface area contributed by atoms with Gasteiger partial charge >= 0.3 is 0 Å². The Kier molecular flexibility index (Phi) is 25.6. The fourth-order valence-corrected chi connectivity index (χ4v) is 4.41. The fraction of sp³-hybridized carbons (Fsp3) is 1.00. The Balaban J connectivity index is 3.41. The first-order valence-corrected chi connectivity index (χ1v) is 13.8. The molecule has 0 rings (SSSR count). The molecule has 0 heterocycles. The predicted octanol–water partition coefficient (Wildman–Crippen LogP) is 9.06. The van der Waals surface area contributed by atoms with Crippen molar-refractivity contribution in [1.29, 1.82) is 0 Å². The van der Waals surface area contributed by atoms with Gasteiger partial charge in [-0.1, -0.05) is 129 Å². The van der Waals surface area contributed by atoms with Crippen LogP contribution in [0.1, 0.15) is 142 Å². The molecular formula is C26H55NS. The normalized spacial score (nSPS) is 11.6. The molecule has 0 atom stereocenters. The number of hydrogen-bond donors (Lipinski definition) is 1. The maximum Gasteiger partial charge on any atom is 0.00698 e. The molecule has 0 radical (unpaired) electrons. The summed E-state index contributed by atoms with van der Waals surface area (Å²) in [6.45, 7) is 8.38. The number of unbranched alkanes of at least 4 members (excludes halogenated alkanes) is 18. The lowest BCUT2D eigenvalue weighted by atomic mass is 10.1. The van der Waals surface area contributed by atoms with E-state index in [2.05, 4.69) is 31.4 Å². The third-order valence-corrected chi connectivity index (χ3v) is 6.27. The summed E-state index contributed by atoms with van der Waals surface area (Å²) in [4.78, 5) is 2.67. The van der Waals surface area contributed by atoms with Gasteiger partial charge in [-0.25, -0.2) is 0 Å². The van der Waals surface area contributed by atoms with E-state index in [4.69, 9.17) is 0 Å². The Bertz CT molecular complexity index is 245. The summed E-state index contributed by atoms with van der Waals surface area (Å²) < 4.78 is 0. The van der Waals surface area contributed by atoms with Gasteiger partial charge in [0.15, 0.2) is 0 Å². The van der Waals surface area contributed by atoms with Gasteiger partial charge < -0.3 is 4.90 Å². The average molecular weight is 414 g/mol. The van der Waals surface area contributed by atoms with E-state index in [1.807, 2.05) is 0 Å². The van der Waals surface area contributed by atoms with Crippen molar-refractivity contribution in [3.63, 3.8) is 0 Å². The van der Waals surface area contributed by atoms with E-state index in [1.54, 1.807) is 0 Å². The summed E-state index contributed by atoms with van der Waals surface area (Å²) in [6, 6.07) is 0. The summed E-state index contributed by atoms with van der Waals surface area (Å²) in [5, 5.41) is 0. The third-order valence-electron chi connectivity index (χ3n) is 6.07. The molecule has 0 amide bonds. The minimum atomic E-state index is 1.01. The summed E-state index contributed by atoms with van der Waals surface area (Å²) in [5.74, 6) is 1.01. The predicted molar refractivity (Wildman–Crippen MR) is 134 cm³/mol. The molecule has 0 spiro atoms. The van der Waals surface area contributed by atoms with Crippen molar-refractivity contribution >= 4 is 12.6 Å². The summed E-state index contributed by atoms with van der Waals surface area (Å²) in [6.07, 6.45) is 28.7. The lowest BCUT2D eigenvalue weighted by Gasteiger charge is -2.21. The first-order valence-electron chi connectivity index (χ1n) is 13.2. The zero-order valence-corrected chi connectivity index (χ0v) is 20.8. The molecule has 170 valence electrons.